The Morgan fingerprint density at radius 2 is 1.03 bits per heavy atom. The molecule has 10 aromatic carbocycles. The van der Waals surface area contributed by atoms with E-state index in [0.29, 0.717) is 5.92 Å². The van der Waals surface area contributed by atoms with Gasteiger partial charge < -0.3 is 10.2 Å². The zero-order valence-electron chi connectivity index (χ0n) is 42.4. The molecule has 2 aliphatic heterocycles. The lowest BCUT2D eigenvalue weighted by Crippen LogP contribution is -2.37. The number of benzene rings is 10. The van der Waals surface area contributed by atoms with Crippen LogP contribution in [-0.2, 0) is 5.41 Å². The first-order valence-corrected chi connectivity index (χ1v) is 26.8. The highest BCUT2D eigenvalue weighted by atomic mass is 15.2. The average molecular weight is 964 g/mol. The fraction of sp³-hybridized carbons (Fsp3) is 0.125. The summed E-state index contributed by atoms with van der Waals surface area (Å²) < 4.78 is 0. The summed E-state index contributed by atoms with van der Waals surface area (Å²) in [6.07, 6.45) is 2.56. The van der Waals surface area contributed by atoms with Crippen LogP contribution in [0.15, 0.2) is 259 Å². The number of anilines is 3. The highest BCUT2D eigenvalue weighted by Gasteiger charge is 2.53. The molecule has 2 aliphatic carbocycles. The number of fused-ring (bicyclic) bond motifs is 12. The van der Waals surface area contributed by atoms with E-state index >= 15 is 0 Å². The van der Waals surface area contributed by atoms with Crippen LogP contribution >= 0.6 is 0 Å². The smallest absolute Gasteiger partial charge is 0.145 e. The third-order valence-electron chi connectivity index (χ3n) is 16.9. The van der Waals surface area contributed by atoms with Crippen molar-refractivity contribution in [1.29, 1.82) is 0 Å². The zero-order valence-corrected chi connectivity index (χ0v) is 42.4. The highest BCUT2D eigenvalue weighted by Crippen LogP contribution is 2.65. The molecule has 3 unspecified atom stereocenters. The summed E-state index contributed by atoms with van der Waals surface area (Å²) in [6, 6.07) is 93.1. The Balaban J connectivity index is 0.980. The molecule has 360 valence electrons. The van der Waals surface area contributed by atoms with Crippen molar-refractivity contribution in [2.24, 2.45) is 4.99 Å². The van der Waals surface area contributed by atoms with Gasteiger partial charge in [0, 0.05) is 23.0 Å². The average Bonchev–Trinajstić information content (AvgIpc) is 3.77. The zero-order chi connectivity index (χ0) is 50.0. The predicted octanol–water partition coefficient (Wildman–Crippen LogP) is 18.1. The van der Waals surface area contributed by atoms with Crippen molar-refractivity contribution in [1.82, 2.24) is 5.32 Å². The molecule has 3 nitrogen and oxygen atoms in total. The van der Waals surface area contributed by atoms with E-state index in [4.69, 9.17) is 4.99 Å². The first-order valence-electron chi connectivity index (χ1n) is 26.8. The lowest BCUT2D eigenvalue weighted by atomic mass is 9.61. The van der Waals surface area contributed by atoms with Crippen LogP contribution in [0.4, 0.5) is 17.1 Å². The van der Waals surface area contributed by atoms with Crippen LogP contribution in [0.3, 0.4) is 0 Å². The van der Waals surface area contributed by atoms with Crippen LogP contribution in [0.2, 0.25) is 0 Å². The Morgan fingerprint density at radius 3 is 1.71 bits per heavy atom. The third kappa shape index (κ3) is 7.20. The van der Waals surface area contributed by atoms with Gasteiger partial charge in [-0.05, 0) is 157 Å². The summed E-state index contributed by atoms with van der Waals surface area (Å²) in [6.45, 7) is 4.63. The second-order valence-corrected chi connectivity index (χ2v) is 20.8. The van der Waals surface area contributed by atoms with Crippen LogP contribution in [0.25, 0.3) is 39.1 Å². The SMILES string of the molecule is CCC1c2ccccc2-c2cc3c(cc2C1c1ccccc1)N(c1ccccc1)c1cc(-c2ccc(C4N=C(c5ccccc5)CC/C(C)=C(/c5ccccc5)N4)cc2)ccc1C31c2ccccc2-c2ccccc21. The van der Waals surface area contributed by atoms with Crippen LogP contribution in [0.1, 0.15) is 107 Å². The highest BCUT2D eigenvalue weighted by molar-refractivity contribution is 6.01. The van der Waals surface area contributed by atoms with Crippen molar-refractivity contribution < 1.29 is 0 Å². The quantitative estimate of drug-likeness (QED) is 0.172. The number of nitrogens with one attached hydrogen (secondary N) is 1. The minimum atomic E-state index is -0.597. The molecule has 0 bridgehead atoms. The second-order valence-electron chi connectivity index (χ2n) is 20.8. The summed E-state index contributed by atoms with van der Waals surface area (Å²) >= 11 is 0. The first-order chi connectivity index (χ1) is 37.1. The fourth-order valence-corrected chi connectivity index (χ4v) is 13.5. The van der Waals surface area contributed by atoms with E-state index in [1.54, 1.807) is 0 Å². The van der Waals surface area contributed by atoms with Gasteiger partial charge in [-0.25, -0.2) is 0 Å². The first kappa shape index (κ1) is 44.9. The van der Waals surface area contributed by atoms with E-state index in [-0.39, 0.29) is 12.1 Å². The van der Waals surface area contributed by atoms with Crippen LogP contribution in [0, 0.1) is 0 Å². The maximum absolute atomic E-state index is 5.53. The van der Waals surface area contributed by atoms with Crippen molar-refractivity contribution in [2.75, 3.05) is 4.90 Å². The molecule has 1 spiro atoms. The van der Waals surface area contributed by atoms with E-state index in [9.17, 15) is 0 Å². The van der Waals surface area contributed by atoms with Crippen molar-refractivity contribution in [3.05, 3.63) is 310 Å². The standard InChI is InChI=1S/C72H57N3/c1-3-55-56-30-16-17-31-57(56)60-45-65-68(46-61(60)69(55)50-24-10-5-11-25-50)75(54-28-14-7-15-29-54)67-44-53(41-42-64(67)72(65)62-34-20-18-32-58(62)59-33-19-21-35-63(59)72)48-37-39-52(40-38-48)71-73-66(49-22-8-4-9-23-49)43-36-47(2)70(74-71)51-26-12-6-13-27-51/h4-35,37-42,44-46,55,69,71,74H,3,36,43H2,1-2H3/b70-47-,73-66?. The van der Waals surface area contributed by atoms with E-state index in [1.165, 1.54) is 94.8 Å². The van der Waals surface area contributed by atoms with Gasteiger partial charge in [0.2, 0.25) is 0 Å². The monoisotopic (exact) mass is 963 g/mol. The van der Waals surface area contributed by atoms with Gasteiger partial charge >= 0.3 is 0 Å². The van der Waals surface area contributed by atoms with Gasteiger partial charge in [0.1, 0.15) is 6.17 Å². The summed E-state index contributed by atoms with van der Waals surface area (Å²) in [4.78, 5) is 8.11. The molecule has 0 radical (unpaired) electrons. The molecule has 0 saturated heterocycles. The van der Waals surface area contributed by atoms with Crippen LogP contribution < -0.4 is 10.2 Å². The predicted molar refractivity (Wildman–Crippen MR) is 311 cm³/mol. The van der Waals surface area contributed by atoms with E-state index in [2.05, 4.69) is 273 Å². The Morgan fingerprint density at radius 1 is 0.453 bits per heavy atom. The fourth-order valence-electron chi connectivity index (χ4n) is 13.5. The van der Waals surface area contributed by atoms with Gasteiger partial charge in [0.25, 0.3) is 0 Å². The minimum absolute atomic E-state index is 0.179. The molecule has 0 amide bonds. The van der Waals surface area contributed by atoms with Gasteiger partial charge in [-0.1, -0.05) is 225 Å². The number of rotatable bonds is 7. The molecule has 3 atom stereocenters. The molecule has 1 N–H and O–H groups in total. The molecule has 0 saturated carbocycles. The van der Waals surface area contributed by atoms with Gasteiger partial charge in [0.05, 0.1) is 16.8 Å². The summed E-state index contributed by atoms with van der Waals surface area (Å²) in [5.41, 5.74) is 27.1. The van der Waals surface area contributed by atoms with E-state index in [1.807, 2.05) is 0 Å². The summed E-state index contributed by atoms with van der Waals surface area (Å²) in [5, 5.41) is 3.95. The molecular weight excluding hydrogens is 907 g/mol. The normalized spacial score (nSPS) is 18.7. The van der Waals surface area contributed by atoms with Crippen molar-refractivity contribution in [3.63, 3.8) is 0 Å². The molecule has 3 heteroatoms. The molecular formula is C72H57N3. The second kappa shape index (κ2) is 18.3. The molecule has 4 aliphatic rings. The van der Waals surface area contributed by atoms with Crippen LogP contribution in [-0.4, -0.2) is 5.71 Å². The number of hydrogen-bond donors (Lipinski definition) is 1. The molecule has 75 heavy (non-hydrogen) atoms. The van der Waals surface area contributed by atoms with E-state index in [0.717, 1.165) is 47.5 Å². The van der Waals surface area contributed by atoms with Crippen LogP contribution in [0.5, 0.6) is 0 Å². The molecule has 2 heterocycles. The molecule has 10 aromatic rings. The topological polar surface area (TPSA) is 27.6 Å². The lowest BCUT2D eigenvalue weighted by molar-refractivity contribution is 0.579. The molecule has 14 rings (SSSR count). The number of para-hydroxylation sites is 1. The van der Waals surface area contributed by atoms with Gasteiger partial charge in [-0.3, -0.25) is 4.99 Å². The lowest BCUT2D eigenvalue weighted by Gasteiger charge is -2.47. The Labute approximate surface area is 441 Å². The number of nitrogens with zero attached hydrogens (tertiary/aromatic N) is 2. The maximum atomic E-state index is 5.53. The Bertz CT molecular complexity index is 3810. The largest absolute Gasteiger partial charge is 0.360 e. The maximum Gasteiger partial charge on any atom is 0.145 e. The van der Waals surface area contributed by atoms with Crippen molar-refractivity contribution in [2.45, 2.75) is 56.5 Å². The van der Waals surface area contributed by atoms with Crippen molar-refractivity contribution >= 4 is 28.5 Å². The van der Waals surface area contributed by atoms with Gasteiger partial charge in [0.15, 0.2) is 0 Å². The molecule has 0 aromatic heterocycles. The summed E-state index contributed by atoms with van der Waals surface area (Å²) in [5.74, 6) is 0.503. The number of allylic oxidation sites excluding steroid dienone is 1. The van der Waals surface area contributed by atoms with E-state index < -0.39 is 5.41 Å². The Hall–Kier alpha value is -8.79. The number of aliphatic imine (C=N–C) groups is 1. The third-order valence-corrected chi connectivity index (χ3v) is 16.9. The number of hydrogen-bond acceptors (Lipinski definition) is 3. The van der Waals surface area contributed by atoms with Crippen molar-refractivity contribution in [3.8, 4) is 33.4 Å². The Kier molecular flexibility index (Phi) is 10.9. The summed E-state index contributed by atoms with van der Waals surface area (Å²) in [7, 11) is 0. The van der Waals surface area contributed by atoms with Gasteiger partial charge in [-0.2, -0.15) is 0 Å². The van der Waals surface area contributed by atoms with Gasteiger partial charge in [-0.15, -0.1) is 0 Å². The molecule has 0 fully saturated rings. The minimum Gasteiger partial charge on any atom is -0.360 e.